The molecule has 1 atom stereocenters. The van der Waals surface area contributed by atoms with E-state index in [2.05, 4.69) is 15.8 Å². The number of carbonyl (C=O) groups excluding carboxylic acids is 4. The van der Waals surface area contributed by atoms with E-state index in [0.717, 1.165) is 0 Å². The van der Waals surface area contributed by atoms with E-state index in [1.165, 1.54) is 0 Å². The number of imide groups is 1. The van der Waals surface area contributed by atoms with Gasteiger partial charge in [0.25, 0.3) is 11.8 Å². The molecule has 0 spiro atoms. The Labute approximate surface area is 124 Å². The largest absolute Gasteiger partial charge is 0.364 e. The van der Waals surface area contributed by atoms with Crippen LogP contribution in [0.25, 0.3) is 0 Å². The second-order valence-corrected chi connectivity index (χ2v) is 4.34. The van der Waals surface area contributed by atoms with Crippen molar-refractivity contribution in [1.82, 2.24) is 16.1 Å². The third kappa shape index (κ3) is 3.62. The maximum Gasteiger partial charge on any atom is 0.322 e. The molecule has 0 radical (unpaired) electrons. The molecule has 10 heteroatoms. The van der Waals surface area contributed by atoms with E-state index in [1.807, 2.05) is 5.32 Å². The fraction of sp³-hybridized carbons (Fsp3) is 0.167. The van der Waals surface area contributed by atoms with Crippen molar-refractivity contribution >= 4 is 29.5 Å². The average molecular weight is 305 g/mol. The standard InChI is InChI=1S/C12H12N6O4/c13-10(20)8(9-11(21)15-12(22)14-9)17-16-7(19)6-18-4-2-1-3-5-18/h1-5,9H,6H2,(H4-,13,14,15,16,19,20,21,22)/p+1/t9-/m0/s1. The normalized spacial score (nSPS) is 17.6. The lowest BCUT2D eigenvalue weighted by Crippen LogP contribution is -2.47. The third-order valence-electron chi connectivity index (χ3n) is 2.70. The van der Waals surface area contributed by atoms with Gasteiger partial charge in [0.15, 0.2) is 24.1 Å². The summed E-state index contributed by atoms with van der Waals surface area (Å²) in [6.45, 7) is -0.0421. The van der Waals surface area contributed by atoms with Gasteiger partial charge in [0.2, 0.25) is 6.54 Å². The van der Waals surface area contributed by atoms with Crippen molar-refractivity contribution in [2.75, 3.05) is 0 Å². The van der Waals surface area contributed by atoms with Crippen LogP contribution in [0.1, 0.15) is 0 Å². The summed E-state index contributed by atoms with van der Waals surface area (Å²) >= 11 is 0. The highest BCUT2D eigenvalue weighted by molar-refractivity contribution is 6.45. The van der Waals surface area contributed by atoms with E-state index in [1.54, 1.807) is 35.2 Å². The number of hydrogen-bond acceptors (Lipinski definition) is 5. The van der Waals surface area contributed by atoms with Crippen molar-refractivity contribution in [3.8, 4) is 0 Å². The first-order chi connectivity index (χ1) is 10.5. The summed E-state index contributed by atoms with van der Waals surface area (Å²) in [5.41, 5.74) is 6.76. The zero-order valence-corrected chi connectivity index (χ0v) is 11.3. The zero-order chi connectivity index (χ0) is 16.1. The van der Waals surface area contributed by atoms with E-state index < -0.39 is 35.5 Å². The molecule has 1 aromatic heterocycles. The molecule has 10 nitrogen and oxygen atoms in total. The van der Waals surface area contributed by atoms with Gasteiger partial charge >= 0.3 is 11.9 Å². The molecule has 5 amide bonds. The fourth-order valence-corrected chi connectivity index (χ4v) is 1.73. The summed E-state index contributed by atoms with van der Waals surface area (Å²) < 4.78 is 1.58. The molecule has 1 aliphatic rings. The van der Waals surface area contributed by atoms with E-state index in [9.17, 15) is 19.2 Å². The Balaban J connectivity index is 2.05. The number of aromatic nitrogens is 1. The molecular weight excluding hydrogens is 292 g/mol. The first-order valence-electron chi connectivity index (χ1n) is 6.19. The predicted molar refractivity (Wildman–Crippen MR) is 71.9 cm³/mol. The van der Waals surface area contributed by atoms with Crippen LogP contribution < -0.4 is 26.4 Å². The smallest absolute Gasteiger partial charge is 0.322 e. The van der Waals surface area contributed by atoms with E-state index in [4.69, 9.17) is 5.73 Å². The summed E-state index contributed by atoms with van der Waals surface area (Å²) in [6.07, 6.45) is 3.34. The quantitative estimate of drug-likeness (QED) is 0.200. The highest BCUT2D eigenvalue weighted by Gasteiger charge is 2.36. The minimum Gasteiger partial charge on any atom is -0.364 e. The number of rotatable bonds is 5. The second kappa shape index (κ2) is 6.43. The molecule has 1 aromatic rings. The van der Waals surface area contributed by atoms with Gasteiger partial charge in [-0.2, -0.15) is 9.67 Å². The predicted octanol–water partition coefficient (Wildman–Crippen LogP) is -2.86. The third-order valence-corrected chi connectivity index (χ3v) is 2.70. The van der Waals surface area contributed by atoms with Crippen molar-refractivity contribution in [3.05, 3.63) is 30.6 Å². The number of carbonyl (C=O) groups is 4. The number of hydrazone groups is 1. The molecule has 114 valence electrons. The van der Waals surface area contributed by atoms with E-state index in [0.29, 0.717) is 0 Å². The summed E-state index contributed by atoms with van der Waals surface area (Å²) in [5, 5.41) is 7.65. The van der Waals surface area contributed by atoms with Crippen LogP contribution in [-0.2, 0) is 20.9 Å². The van der Waals surface area contributed by atoms with Crippen LogP contribution in [0.3, 0.4) is 0 Å². The van der Waals surface area contributed by atoms with Gasteiger partial charge in [-0.15, -0.1) is 0 Å². The van der Waals surface area contributed by atoms with Crippen molar-refractivity contribution in [2.24, 2.45) is 10.8 Å². The van der Waals surface area contributed by atoms with Crippen molar-refractivity contribution < 1.29 is 23.7 Å². The molecule has 0 saturated carbocycles. The Morgan fingerprint density at radius 3 is 2.50 bits per heavy atom. The van der Waals surface area contributed by atoms with Crippen LogP contribution in [0.2, 0.25) is 0 Å². The molecule has 1 fully saturated rings. The molecule has 2 rings (SSSR count). The zero-order valence-electron chi connectivity index (χ0n) is 11.3. The number of nitrogens with two attached hydrogens (primary N) is 1. The van der Waals surface area contributed by atoms with Crippen LogP contribution in [0.15, 0.2) is 35.7 Å². The number of primary amides is 1. The minimum atomic E-state index is -1.32. The van der Waals surface area contributed by atoms with Crippen molar-refractivity contribution in [1.29, 1.82) is 0 Å². The number of amides is 5. The lowest BCUT2D eigenvalue weighted by molar-refractivity contribution is -0.684. The molecular formula is C12H13N6O4+. The lowest BCUT2D eigenvalue weighted by atomic mass is 10.1. The molecule has 0 unspecified atom stereocenters. The van der Waals surface area contributed by atoms with Gasteiger partial charge in [0.05, 0.1) is 0 Å². The van der Waals surface area contributed by atoms with Crippen LogP contribution >= 0.6 is 0 Å². The van der Waals surface area contributed by atoms with Gasteiger partial charge in [0.1, 0.15) is 0 Å². The van der Waals surface area contributed by atoms with Gasteiger partial charge in [-0.3, -0.25) is 19.7 Å². The molecule has 0 aromatic carbocycles. The van der Waals surface area contributed by atoms with Gasteiger partial charge in [-0.1, -0.05) is 6.07 Å². The highest BCUT2D eigenvalue weighted by Crippen LogP contribution is 1.96. The first-order valence-corrected chi connectivity index (χ1v) is 6.19. The Kier molecular flexibility index (Phi) is 4.41. The van der Waals surface area contributed by atoms with Crippen LogP contribution in [0.5, 0.6) is 0 Å². The number of nitrogens with zero attached hydrogens (tertiary/aromatic N) is 2. The monoisotopic (exact) mass is 305 g/mol. The van der Waals surface area contributed by atoms with E-state index >= 15 is 0 Å². The van der Waals surface area contributed by atoms with Crippen molar-refractivity contribution in [3.63, 3.8) is 0 Å². The van der Waals surface area contributed by atoms with Gasteiger partial charge in [-0.05, 0) is 0 Å². The molecule has 1 saturated heterocycles. The number of urea groups is 1. The Morgan fingerprint density at radius 1 is 1.27 bits per heavy atom. The maximum atomic E-state index is 11.7. The molecule has 2 heterocycles. The average Bonchev–Trinajstić information content (AvgIpc) is 2.78. The number of pyridine rings is 1. The summed E-state index contributed by atoms with van der Waals surface area (Å²) in [4.78, 5) is 45.5. The Hall–Kier alpha value is -3.30. The van der Waals surface area contributed by atoms with Gasteiger partial charge in [0, 0.05) is 12.1 Å². The van der Waals surface area contributed by atoms with Gasteiger partial charge < -0.3 is 11.1 Å². The minimum absolute atomic E-state index is 0.0421. The van der Waals surface area contributed by atoms with Gasteiger partial charge in [-0.25, -0.2) is 10.2 Å². The summed E-state index contributed by atoms with van der Waals surface area (Å²) in [5.74, 6) is -2.33. The topological polar surface area (TPSA) is 147 Å². The molecule has 5 N–H and O–H groups in total. The van der Waals surface area contributed by atoms with Crippen molar-refractivity contribution in [2.45, 2.75) is 12.6 Å². The number of hydrogen-bond donors (Lipinski definition) is 4. The fourth-order valence-electron chi connectivity index (χ4n) is 1.73. The van der Waals surface area contributed by atoms with Crippen LogP contribution in [0, 0.1) is 0 Å². The maximum absolute atomic E-state index is 11.7. The molecule has 22 heavy (non-hydrogen) atoms. The summed E-state index contributed by atoms with van der Waals surface area (Å²) in [6, 6.07) is 3.18. The Morgan fingerprint density at radius 2 is 1.95 bits per heavy atom. The lowest BCUT2D eigenvalue weighted by Gasteiger charge is -2.07. The van der Waals surface area contributed by atoms with Crippen LogP contribution in [0.4, 0.5) is 4.79 Å². The molecule has 0 aliphatic carbocycles. The first kappa shape index (κ1) is 15.1. The van der Waals surface area contributed by atoms with Crippen LogP contribution in [-0.4, -0.2) is 35.5 Å². The molecule has 1 aliphatic heterocycles. The SMILES string of the molecule is NC(=O)/C(=N\NC(=O)C[n+]1ccccc1)[C@@H]1NC(=O)NC1=O. The highest BCUT2D eigenvalue weighted by atomic mass is 16.2. The number of nitrogens with one attached hydrogen (secondary N) is 3. The second-order valence-electron chi connectivity index (χ2n) is 4.34. The summed E-state index contributed by atoms with van der Waals surface area (Å²) in [7, 11) is 0. The molecule has 0 bridgehead atoms. The van der Waals surface area contributed by atoms with E-state index in [-0.39, 0.29) is 6.54 Å². The Bertz CT molecular complexity index is 657.